The van der Waals surface area contributed by atoms with Crippen molar-refractivity contribution in [3.8, 4) is 0 Å². The number of amides is 3. The molecule has 0 radical (unpaired) electrons. The minimum absolute atomic E-state index is 0.00885. The quantitative estimate of drug-likeness (QED) is 0.231. The zero-order valence-corrected chi connectivity index (χ0v) is 29.6. The second-order valence-corrected chi connectivity index (χ2v) is 14.9. The maximum Gasteiger partial charge on any atom is 0.253 e. The van der Waals surface area contributed by atoms with E-state index in [2.05, 4.69) is 16.0 Å². The van der Waals surface area contributed by atoms with Crippen molar-refractivity contribution in [3.63, 3.8) is 0 Å². The summed E-state index contributed by atoms with van der Waals surface area (Å²) < 4.78 is 43.0. The molecule has 0 aliphatic carbocycles. The molecule has 0 saturated heterocycles. The Labute approximate surface area is 283 Å². The largest absolute Gasteiger partial charge is 0.391 e. The molecule has 266 valence electrons. The lowest BCUT2D eigenvalue weighted by Crippen LogP contribution is -2.48. The van der Waals surface area contributed by atoms with Crippen LogP contribution in [0.2, 0.25) is 0 Å². The summed E-state index contributed by atoms with van der Waals surface area (Å²) in [6.45, 7) is 8.72. The van der Waals surface area contributed by atoms with Crippen molar-refractivity contribution in [1.82, 2.24) is 16.0 Å². The number of anilines is 1. The lowest BCUT2D eigenvalue weighted by Gasteiger charge is -2.29. The fraction of sp³-hybridized carbons (Fsp3) is 0.559. The molecule has 3 rings (SSSR count). The van der Waals surface area contributed by atoms with Gasteiger partial charge in [-0.3, -0.25) is 18.7 Å². The van der Waals surface area contributed by atoms with E-state index < -0.39 is 46.1 Å². The maximum atomic E-state index is 13.8. The van der Waals surface area contributed by atoms with Crippen LogP contribution in [0.25, 0.3) is 0 Å². The van der Waals surface area contributed by atoms with E-state index in [1.807, 2.05) is 39.8 Å². The van der Waals surface area contributed by atoms with Gasteiger partial charge in [0.1, 0.15) is 0 Å². The number of hydrogen-bond donors (Lipinski definition) is 4. The van der Waals surface area contributed by atoms with Crippen molar-refractivity contribution in [2.24, 2.45) is 17.8 Å². The molecule has 4 bridgehead atoms. The van der Waals surface area contributed by atoms with E-state index in [1.54, 1.807) is 12.1 Å². The van der Waals surface area contributed by atoms with Gasteiger partial charge in [0, 0.05) is 43.3 Å². The molecule has 0 aromatic heterocycles. The smallest absolute Gasteiger partial charge is 0.253 e. The number of nitrogens with zero attached hydrogens (tertiary/aromatic N) is 1. The third-order valence-electron chi connectivity index (χ3n) is 8.06. The fourth-order valence-corrected chi connectivity index (χ4v) is 5.60. The number of fused-ring (bicyclic) bond motifs is 4. The van der Waals surface area contributed by atoms with Crippen molar-refractivity contribution < 1.29 is 42.1 Å². The van der Waals surface area contributed by atoms with Crippen molar-refractivity contribution in [2.45, 2.75) is 59.1 Å². The third kappa shape index (κ3) is 11.3. The summed E-state index contributed by atoms with van der Waals surface area (Å²) in [6, 6.07) is 10.3. The van der Waals surface area contributed by atoms with Gasteiger partial charge in [-0.1, -0.05) is 45.9 Å². The van der Waals surface area contributed by atoms with E-state index in [4.69, 9.17) is 14.2 Å². The van der Waals surface area contributed by atoms with E-state index in [9.17, 15) is 27.9 Å². The monoisotopic (exact) mass is 690 g/mol. The van der Waals surface area contributed by atoms with Gasteiger partial charge in [0.25, 0.3) is 11.8 Å². The number of aliphatic hydroxyl groups excluding tert-OH is 1. The number of ether oxygens (including phenoxy) is 3. The van der Waals surface area contributed by atoms with E-state index in [0.29, 0.717) is 12.1 Å². The number of benzene rings is 2. The van der Waals surface area contributed by atoms with Crippen LogP contribution in [0.15, 0.2) is 42.5 Å². The van der Waals surface area contributed by atoms with E-state index in [0.717, 1.165) is 16.1 Å². The van der Waals surface area contributed by atoms with E-state index >= 15 is 0 Å². The molecule has 48 heavy (non-hydrogen) atoms. The van der Waals surface area contributed by atoms with Gasteiger partial charge in [0.15, 0.2) is 6.23 Å². The van der Waals surface area contributed by atoms with Crippen LogP contribution in [0, 0.1) is 17.8 Å². The fourth-order valence-electron chi connectivity index (χ4n) is 5.11. The number of sulfonamides is 1. The average molecular weight is 691 g/mol. The van der Waals surface area contributed by atoms with Crippen molar-refractivity contribution in [2.75, 3.05) is 51.1 Å². The Morgan fingerprint density at radius 1 is 1.06 bits per heavy atom. The molecule has 14 heteroatoms. The van der Waals surface area contributed by atoms with Crippen LogP contribution in [-0.4, -0.2) is 90.2 Å². The minimum atomic E-state index is -3.77. The summed E-state index contributed by atoms with van der Waals surface area (Å²) in [6.07, 6.45) is -1.03. The Morgan fingerprint density at radius 3 is 2.33 bits per heavy atom. The summed E-state index contributed by atoms with van der Waals surface area (Å²) in [5.74, 6) is -1.87. The number of rotatable bonds is 13. The Morgan fingerprint density at radius 2 is 1.73 bits per heavy atom. The first-order valence-corrected chi connectivity index (χ1v) is 17.9. The first-order valence-electron chi connectivity index (χ1n) is 16.0. The summed E-state index contributed by atoms with van der Waals surface area (Å²) in [5, 5.41) is 20.1. The molecule has 0 spiro atoms. The molecule has 1 heterocycles. The van der Waals surface area contributed by atoms with Gasteiger partial charge in [-0.25, -0.2) is 8.42 Å². The first kappa shape index (κ1) is 38.9. The number of carbonyl (C=O) groups is 3. The highest BCUT2D eigenvalue weighted by Crippen LogP contribution is 2.25. The normalized spacial score (nSPS) is 18.7. The van der Waals surface area contributed by atoms with Crippen LogP contribution in [0.4, 0.5) is 5.69 Å². The standard InChI is InChI=1S/C34H50N4O9S/c1-21(2)18-35-33(42)28(22(3)4)17-30(39)29-20-46-19-23-9-8-10-24(13-23)34(47-12-11-45-6)37-32(41)26-14-25(31(40)36-29)15-27(16-26)38(5)48(7,43)44/h8-10,13-16,21-22,28-30,34,39H,11-12,17-20H2,1-7H3,(H,35,42)(H,36,40)(H,37,41)/t28-,29-,30-,34?/m0/s1. The molecular weight excluding hydrogens is 640 g/mol. The molecule has 1 aliphatic heterocycles. The molecule has 4 atom stereocenters. The highest BCUT2D eigenvalue weighted by Gasteiger charge is 2.31. The number of aliphatic hydroxyl groups is 1. The molecular formula is C34H50N4O9S. The van der Waals surface area contributed by atoms with Crippen LogP contribution in [0.3, 0.4) is 0 Å². The Bertz CT molecular complexity index is 1520. The topological polar surface area (TPSA) is 173 Å². The molecule has 2 aromatic carbocycles. The van der Waals surface area contributed by atoms with Gasteiger partial charge in [-0.15, -0.1) is 0 Å². The number of hydrogen-bond acceptors (Lipinski definition) is 9. The van der Waals surface area contributed by atoms with Crippen LogP contribution >= 0.6 is 0 Å². The molecule has 0 fully saturated rings. The van der Waals surface area contributed by atoms with Gasteiger partial charge >= 0.3 is 0 Å². The zero-order valence-electron chi connectivity index (χ0n) is 28.8. The van der Waals surface area contributed by atoms with Crippen LogP contribution in [0.1, 0.15) is 72.2 Å². The van der Waals surface area contributed by atoms with Crippen molar-refractivity contribution in [3.05, 3.63) is 64.7 Å². The maximum absolute atomic E-state index is 13.8. The molecule has 0 saturated carbocycles. The Kier molecular flexibility index (Phi) is 14.4. The van der Waals surface area contributed by atoms with Crippen LogP contribution in [-0.2, 0) is 35.6 Å². The summed E-state index contributed by atoms with van der Waals surface area (Å²) in [5.41, 5.74) is 1.44. The van der Waals surface area contributed by atoms with Crippen molar-refractivity contribution in [1.29, 1.82) is 0 Å². The molecule has 4 N–H and O–H groups in total. The number of carbonyl (C=O) groups excluding carboxylic acids is 3. The van der Waals surface area contributed by atoms with Gasteiger partial charge in [0.2, 0.25) is 15.9 Å². The van der Waals surface area contributed by atoms with E-state index in [1.165, 1.54) is 32.4 Å². The highest BCUT2D eigenvalue weighted by molar-refractivity contribution is 7.92. The highest BCUT2D eigenvalue weighted by atomic mass is 32.2. The second-order valence-electron chi connectivity index (χ2n) is 12.8. The summed E-state index contributed by atoms with van der Waals surface area (Å²) in [4.78, 5) is 40.5. The Balaban J connectivity index is 2.06. The zero-order chi connectivity index (χ0) is 35.6. The molecule has 1 unspecified atom stereocenters. The van der Waals surface area contributed by atoms with Crippen molar-refractivity contribution >= 4 is 33.4 Å². The van der Waals surface area contributed by atoms with Crippen LogP contribution < -0.4 is 20.3 Å². The van der Waals surface area contributed by atoms with Gasteiger partial charge in [0.05, 0.1) is 50.5 Å². The lowest BCUT2D eigenvalue weighted by molar-refractivity contribution is -0.128. The average Bonchev–Trinajstić information content (AvgIpc) is 3.03. The molecule has 1 aliphatic rings. The molecule has 2 aromatic rings. The third-order valence-corrected chi connectivity index (χ3v) is 9.27. The first-order chi connectivity index (χ1) is 22.6. The van der Waals surface area contributed by atoms with Crippen LogP contribution in [0.5, 0.6) is 0 Å². The predicted octanol–water partition coefficient (Wildman–Crippen LogP) is 2.60. The van der Waals surface area contributed by atoms with Gasteiger partial charge < -0.3 is 35.3 Å². The minimum Gasteiger partial charge on any atom is -0.391 e. The number of methoxy groups -OCH3 is 1. The predicted molar refractivity (Wildman–Crippen MR) is 182 cm³/mol. The SMILES string of the molecule is COCCOC1NC(=O)c2cc(cc(N(C)S(C)(=O)=O)c2)C(=O)N[C@H]([C@@H](O)C[C@H](C(=O)NCC(C)C)C(C)C)COCc2cccc1c2. The second kappa shape index (κ2) is 17.7. The van der Waals surface area contributed by atoms with Gasteiger partial charge in [-0.2, -0.15) is 0 Å². The molecule has 13 nitrogen and oxygen atoms in total. The summed E-state index contributed by atoms with van der Waals surface area (Å²) >= 11 is 0. The number of nitrogens with one attached hydrogen (secondary N) is 3. The molecule has 3 amide bonds. The summed E-state index contributed by atoms with van der Waals surface area (Å²) in [7, 11) is -0.922. The van der Waals surface area contributed by atoms with E-state index in [-0.39, 0.29) is 67.4 Å². The lowest BCUT2D eigenvalue weighted by atomic mass is 9.87. The van der Waals surface area contributed by atoms with Gasteiger partial charge in [-0.05, 0) is 48.1 Å². The Hall–Kier alpha value is -3.56.